The predicted molar refractivity (Wildman–Crippen MR) is 55.4 cm³/mol. The third kappa shape index (κ3) is 2.59. The lowest BCUT2D eigenvalue weighted by atomic mass is 10.2. The van der Waals surface area contributed by atoms with E-state index in [9.17, 15) is 4.79 Å². The van der Waals surface area contributed by atoms with E-state index in [0.29, 0.717) is 13.0 Å². The van der Waals surface area contributed by atoms with Crippen LogP contribution in [0.5, 0.6) is 0 Å². The average molecular weight is 221 g/mol. The van der Waals surface area contributed by atoms with Crippen molar-refractivity contribution >= 4 is 18.3 Å². The SMILES string of the molecule is Cl.NC1CC(=O)N(CC2CCCO2)C1. The molecular weight excluding hydrogens is 204 g/mol. The lowest BCUT2D eigenvalue weighted by Crippen LogP contribution is -2.34. The number of carbonyl (C=O) groups is 1. The first-order valence-corrected chi connectivity index (χ1v) is 4.90. The molecule has 0 saturated carbocycles. The largest absolute Gasteiger partial charge is 0.376 e. The van der Waals surface area contributed by atoms with E-state index in [1.807, 2.05) is 4.90 Å². The molecule has 14 heavy (non-hydrogen) atoms. The molecule has 0 radical (unpaired) electrons. The minimum atomic E-state index is 0. The van der Waals surface area contributed by atoms with Crippen LogP contribution in [0.25, 0.3) is 0 Å². The molecule has 0 aromatic carbocycles. The number of nitrogens with two attached hydrogens (primary N) is 1. The summed E-state index contributed by atoms with van der Waals surface area (Å²) in [5.41, 5.74) is 5.69. The van der Waals surface area contributed by atoms with Crippen LogP contribution in [0.4, 0.5) is 0 Å². The van der Waals surface area contributed by atoms with Gasteiger partial charge in [-0.1, -0.05) is 0 Å². The van der Waals surface area contributed by atoms with Crippen LogP contribution in [0.1, 0.15) is 19.3 Å². The van der Waals surface area contributed by atoms with Crippen LogP contribution in [0.3, 0.4) is 0 Å². The van der Waals surface area contributed by atoms with Gasteiger partial charge in [-0.05, 0) is 12.8 Å². The van der Waals surface area contributed by atoms with Gasteiger partial charge in [0.15, 0.2) is 0 Å². The summed E-state index contributed by atoms with van der Waals surface area (Å²) in [6.45, 7) is 2.30. The van der Waals surface area contributed by atoms with Gasteiger partial charge in [0.1, 0.15) is 0 Å². The van der Waals surface area contributed by atoms with Gasteiger partial charge in [-0.3, -0.25) is 4.79 Å². The van der Waals surface area contributed by atoms with Crippen molar-refractivity contribution in [1.82, 2.24) is 4.90 Å². The van der Waals surface area contributed by atoms with Crippen LogP contribution in [0.15, 0.2) is 0 Å². The Morgan fingerprint density at radius 1 is 1.57 bits per heavy atom. The van der Waals surface area contributed by atoms with Gasteiger partial charge < -0.3 is 15.4 Å². The van der Waals surface area contributed by atoms with Crippen molar-refractivity contribution in [3.05, 3.63) is 0 Å². The maximum Gasteiger partial charge on any atom is 0.224 e. The molecule has 5 heteroatoms. The van der Waals surface area contributed by atoms with Crippen LogP contribution in [-0.2, 0) is 9.53 Å². The van der Waals surface area contributed by atoms with Gasteiger partial charge in [0.2, 0.25) is 5.91 Å². The molecule has 2 aliphatic heterocycles. The number of hydrogen-bond acceptors (Lipinski definition) is 3. The van der Waals surface area contributed by atoms with Gasteiger partial charge in [0, 0.05) is 32.2 Å². The fourth-order valence-electron chi connectivity index (χ4n) is 2.01. The van der Waals surface area contributed by atoms with Gasteiger partial charge in [0.05, 0.1) is 6.10 Å². The second-order valence-corrected chi connectivity index (χ2v) is 3.90. The Morgan fingerprint density at radius 2 is 2.36 bits per heavy atom. The second-order valence-electron chi connectivity index (χ2n) is 3.90. The Labute approximate surface area is 90.2 Å². The molecule has 2 N–H and O–H groups in total. The highest BCUT2D eigenvalue weighted by molar-refractivity contribution is 5.85. The van der Waals surface area contributed by atoms with Crippen molar-refractivity contribution in [1.29, 1.82) is 0 Å². The fraction of sp³-hybridized carbons (Fsp3) is 0.889. The smallest absolute Gasteiger partial charge is 0.224 e. The van der Waals surface area contributed by atoms with Crippen LogP contribution < -0.4 is 5.73 Å². The summed E-state index contributed by atoms with van der Waals surface area (Å²) in [6.07, 6.45) is 2.97. The zero-order valence-electron chi connectivity index (χ0n) is 8.15. The normalized spacial score (nSPS) is 32.1. The maximum atomic E-state index is 11.4. The van der Waals surface area contributed by atoms with E-state index in [1.54, 1.807) is 0 Å². The van der Waals surface area contributed by atoms with E-state index in [4.69, 9.17) is 10.5 Å². The fourth-order valence-corrected chi connectivity index (χ4v) is 2.01. The van der Waals surface area contributed by atoms with Crippen molar-refractivity contribution in [2.24, 2.45) is 5.73 Å². The molecule has 2 fully saturated rings. The molecular formula is C9H17ClN2O2. The molecule has 0 spiro atoms. The lowest BCUT2D eigenvalue weighted by molar-refractivity contribution is -0.129. The molecule has 0 bridgehead atoms. The molecule has 82 valence electrons. The monoisotopic (exact) mass is 220 g/mol. The summed E-state index contributed by atoms with van der Waals surface area (Å²) in [4.78, 5) is 13.2. The van der Waals surface area contributed by atoms with E-state index < -0.39 is 0 Å². The van der Waals surface area contributed by atoms with Crippen molar-refractivity contribution in [2.45, 2.75) is 31.4 Å². The van der Waals surface area contributed by atoms with E-state index in [0.717, 1.165) is 26.0 Å². The number of hydrogen-bond donors (Lipinski definition) is 1. The molecule has 2 aliphatic rings. The average Bonchev–Trinajstić information content (AvgIpc) is 2.63. The molecule has 0 aliphatic carbocycles. The van der Waals surface area contributed by atoms with Gasteiger partial charge >= 0.3 is 0 Å². The van der Waals surface area contributed by atoms with E-state index >= 15 is 0 Å². The number of rotatable bonds is 2. The van der Waals surface area contributed by atoms with E-state index in [1.165, 1.54) is 0 Å². The summed E-state index contributed by atoms with van der Waals surface area (Å²) < 4.78 is 5.46. The standard InChI is InChI=1S/C9H16N2O2.ClH/c10-7-4-9(12)11(5-7)6-8-2-1-3-13-8;/h7-8H,1-6,10H2;1H. The first-order chi connectivity index (χ1) is 6.25. The molecule has 2 atom stereocenters. The Morgan fingerprint density at radius 3 is 2.86 bits per heavy atom. The van der Waals surface area contributed by atoms with Crippen molar-refractivity contribution < 1.29 is 9.53 Å². The van der Waals surface area contributed by atoms with Crippen molar-refractivity contribution in [3.8, 4) is 0 Å². The molecule has 1 amide bonds. The summed E-state index contributed by atoms with van der Waals surface area (Å²) in [6, 6.07) is 0.0360. The Balaban J connectivity index is 0.000000980. The van der Waals surface area contributed by atoms with Gasteiger partial charge in [-0.25, -0.2) is 0 Å². The zero-order valence-corrected chi connectivity index (χ0v) is 8.96. The third-order valence-electron chi connectivity index (χ3n) is 2.69. The summed E-state index contributed by atoms with van der Waals surface area (Å²) in [5.74, 6) is 0.183. The van der Waals surface area contributed by atoms with E-state index in [2.05, 4.69) is 0 Å². The number of likely N-dealkylation sites (tertiary alicyclic amines) is 1. The third-order valence-corrected chi connectivity index (χ3v) is 2.69. The summed E-state index contributed by atoms with van der Waals surface area (Å²) >= 11 is 0. The Hall–Kier alpha value is -0.320. The zero-order chi connectivity index (χ0) is 9.26. The number of nitrogens with zero attached hydrogens (tertiary/aromatic N) is 1. The topological polar surface area (TPSA) is 55.6 Å². The maximum absolute atomic E-state index is 11.4. The highest BCUT2D eigenvalue weighted by Crippen LogP contribution is 2.16. The van der Waals surface area contributed by atoms with Gasteiger partial charge in [0.25, 0.3) is 0 Å². The number of ether oxygens (including phenoxy) is 1. The molecule has 4 nitrogen and oxygen atoms in total. The highest BCUT2D eigenvalue weighted by Gasteiger charge is 2.29. The van der Waals surface area contributed by atoms with Crippen molar-refractivity contribution in [3.63, 3.8) is 0 Å². The Kier molecular flexibility index (Phi) is 4.16. The minimum Gasteiger partial charge on any atom is -0.376 e. The molecule has 0 aromatic rings. The van der Waals surface area contributed by atoms with Gasteiger partial charge in [-0.15, -0.1) is 12.4 Å². The van der Waals surface area contributed by atoms with Gasteiger partial charge in [-0.2, -0.15) is 0 Å². The van der Waals surface area contributed by atoms with Crippen molar-refractivity contribution in [2.75, 3.05) is 19.7 Å². The first-order valence-electron chi connectivity index (χ1n) is 4.90. The lowest BCUT2D eigenvalue weighted by Gasteiger charge is -2.19. The summed E-state index contributed by atoms with van der Waals surface area (Å²) in [7, 11) is 0. The second kappa shape index (κ2) is 4.96. The van der Waals surface area contributed by atoms with Crippen LogP contribution >= 0.6 is 12.4 Å². The molecule has 0 aromatic heterocycles. The number of amides is 1. The van der Waals surface area contributed by atoms with E-state index in [-0.39, 0.29) is 30.5 Å². The van der Waals surface area contributed by atoms with Crippen LogP contribution in [-0.4, -0.2) is 42.6 Å². The molecule has 2 rings (SSSR count). The van der Waals surface area contributed by atoms with Crippen LogP contribution in [0.2, 0.25) is 0 Å². The summed E-state index contributed by atoms with van der Waals surface area (Å²) in [5, 5.41) is 0. The number of halogens is 1. The predicted octanol–water partition coefficient (Wildman–Crippen LogP) is 0.147. The highest BCUT2D eigenvalue weighted by atomic mass is 35.5. The molecule has 2 saturated heterocycles. The molecule has 2 heterocycles. The Bertz CT molecular complexity index is 207. The first kappa shape index (κ1) is 11.8. The van der Waals surface area contributed by atoms with Crippen LogP contribution in [0, 0.1) is 0 Å². The quantitative estimate of drug-likeness (QED) is 0.721. The number of carbonyl (C=O) groups excluding carboxylic acids is 1. The molecule has 2 unspecified atom stereocenters. The minimum absolute atomic E-state index is 0.